The molecule has 2 nitrogen and oxygen atoms in total. The summed E-state index contributed by atoms with van der Waals surface area (Å²) in [5.74, 6) is 0.810. The third-order valence-electron chi connectivity index (χ3n) is 4.47. The molecule has 98 valence electrons. The summed E-state index contributed by atoms with van der Waals surface area (Å²) in [7, 11) is 0. The zero-order valence-electron chi connectivity index (χ0n) is 10.9. The Labute approximate surface area is 105 Å². The van der Waals surface area contributed by atoms with Crippen LogP contribution < -0.4 is 5.32 Å². The van der Waals surface area contributed by atoms with Crippen LogP contribution in [0.4, 0.5) is 0 Å². The Bertz CT molecular complexity index is 235. The van der Waals surface area contributed by atoms with Gasteiger partial charge in [0, 0.05) is 12.1 Å². The van der Waals surface area contributed by atoms with Crippen LogP contribution in [0.1, 0.15) is 57.8 Å². The second-order valence-electron chi connectivity index (χ2n) is 5.86. The second-order valence-corrected chi connectivity index (χ2v) is 5.86. The summed E-state index contributed by atoms with van der Waals surface area (Å²) >= 11 is 0. The van der Waals surface area contributed by atoms with Crippen molar-refractivity contribution in [3.63, 3.8) is 0 Å². The van der Waals surface area contributed by atoms with Gasteiger partial charge in [0.15, 0.2) is 0 Å². The maximum absolute atomic E-state index is 10.0. The second kappa shape index (κ2) is 6.55. The lowest BCUT2D eigenvalue weighted by Crippen LogP contribution is -2.51. The van der Waals surface area contributed by atoms with Crippen LogP contribution in [0.15, 0.2) is 12.7 Å². The smallest absolute Gasteiger partial charge is 0.0570 e. The number of rotatable bonds is 4. The van der Waals surface area contributed by atoms with Gasteiger partial charge in [-0.3, -0.25) is 0 Å². The van der Waals surface area contributed by atoms with Crippen LogP contribution in [0.5, 0.6) is 0 Å². The van der Waals surface area contributed by atoms with Crippen molar-refractivity contribution in [2.45, 2.75) is 76.0 Å². The molecular formula is C15H27NO. The van der Waals surface area contributed by atoms with Crippen LogP contribution in [-0.2, 0) is 0 Å². The molecule has 1 saturated carbocycles. The van der Waals surface area contributed by atoms with Gasteiger partial charge in [0.25, 0.3) is 0 Å². The van der Waals surface area contributed by atoms with E-state index in [4.69, 9.17) is 0 Å². The average Bonchev–Trinajstić information content (AvgIpc) is 2.37. The highest BCUT2D eigenvalue weighted by Gasteiger charge is 2.32. The van der Waals surface area contributed by atoms with Crippen LogP contribution in [-0.4, -0.2) is 23.3 Å². The molecule has 0 aromatic rings. The predicted molar refractivity (Wildman–Crippen MR) is 72.0 cm³/mol. The normalized spacial score (nSPS) is 35.7. The first-order valence-corrected chi connectivity index (χ1v) is 7.34. The number of allylic oxidation sites excluding steroid dienone is 1. The van der Waals surface area contributed by atoms with E-state index in [9.17, 15) is 5.11 Å². The molecule has 1 heterocycles. The van der Waals surface area contributed by atoms with Crippen molar-refractivity contribution in [3.8, 4) is 0 Å². The van der Waals surface area contributed by atoms with Crippen molar-refractivity contribution < 1.29 is 5.11 Å². The summed E-state index contributed by atoms with van der Waals surface area (Å²) in [4.78, 5) is 0. The van der Waals surface area contributed by atoms with Crippen molar-refractivity contribution >= 4 is 0 Å². The molecule has 1 saturated heterocycles. The molecule has 0 unspecified atom stereocenters. The Balaban J connectivity index is 1.85. The Morgan fingerprint density at radius 2 is 1.94 bits per heavy atom. The molecule has 0 aromatic heterocycles. The molecule has 2 rings (SSSR count). The van der Waals surface area contributed by atoms with Crippen molar-refractivity contribution in [2.24, 2.45) is 5.92 Å². The number of aliphatic hydroxyl groups excluding tert-OH is 1. The summed E-state index contributed by atoms with van der Waals surface area (Å²) in [5.41, 5.74) is 0. The quantitative estimate of drug-likeness (QED) is 0.737. The van der Waals surface area contributed by atoms with Gasteiger partial charge in [0.1, 0.15) is 0 Å². The van der Waals surface area contributed by atoms with Crippen LogP contribution in [0.25, 0.3) is 0 Å². The van der Waals surface area contributed by atoms with E-state index >= 15 is 0 Å². The van der Waals surface area contributed by atoms with Gasteiger partial charge in [-0.05, 0) is 44.4 Å². The van der Waals surface area contributed by atoms with Crippen molar-refractivity contribution in [2.75, 3.05) is 0 Å². The molecule has 1 aliphatic heterocycles. The first-order valence-electron chi connectivity index (χ1n) is 7.34. The Morgan fingerprint density at radius 1 is 1.18 bits per heavy atom. The fourth-order valence-electron chi connectivity index (χ4n) is 3.54. The molecule has 1 aliphatic carbocycles. The van der Waals surface area contributed by atoms with Crippen LogP contribution in [0.3, 0.4) is 0 Å². The minimum Gasteiger partial charge on any atom is -0.393 e. The number of piperidine rings is 1. The maximum atomic E-state index is 10.0. The van der Waals surface area contributed by atoms with Gasteiger partial charge in [-0.1, -0.05) is 25.3 Å². The van der Waals surface area contributed by atoms with Crippen LogP contribution >= 0.6 is 0 Å². The number of aliphatic hydroxyl groups is 1. The molecule has 0 radical (unpaired) electrons. The minimum absolute atomic E-state index is 0.0852. The van der Waals surface area contributed by atoms with Gasteiger partial charge >= 0.3 is 0 Å². The van der Waals surface area contributed by atoms with Gasteiger partial charge in [0.2, 0.25) is 0 Å². The summed E-state index contributed by atoms with van der Waals surface area (Å²) in [5, 5.41) is 13.8. The molecule has 17 heavy (non-hydrogen) atoms. The lowest BCUT2D eigenvalue weighted by Gasteiger charge is -2.40. The Kier molecular flexibility index (Phi) is 5.05. The van der Waals surface area contributed by atoms with Gasteiger partial charge in [-0.2, -0.15) is 0 Å². The van der Waals surface area contributed by atoms with E-state index in [1.807, 2.05) is 6.08 Å². The van der Waals surface area contributed by atoms with Crippen molar-refractivity contribution in [1.82, 2.24) is 5.32 Å². The highest BCUT2D eigenvalue weighted by atomic mass is 16.3. The zero-order chi connectivity index (χ0) is 12.1. The van der Waals surface area contributed by atoms with E-state index in [2.05, 4.69) is 11.9 Å². The highest BCUT2D eigenvalue weighted by Crippen LogP contribution is 2.31. The maximum Gasteiger partial charge on any atom is 0.0570 e. The molecular weight excluding hydrogens is 210 g/mol. The summed E-state index contributed by atoms with van der Waals surface area (Å²) in [6.45, 7) is 3.78. The summed E-state index contributed by atoms with van der Waals surface area (Å²) in [6, 6.07) is 1.07. The molecule has 0 aromatic carbocycles. The van der Waals surface area contributed by atoms with Gasteiger partial charge in [-0.15, -0.1) is 6.58 Å². The summed E-state index contributed by atoms with van der Waals surface area (Å²) in [6.07, 6.45) is 12.9. The van der Waals surface area contributed by atoms with E-state index in [0.717, 1.165) is 31.6 Å². The van der Waals surface area contributed by atoms with Crippen LogP contribution in [0.2, 0.25) is 0 Å². The third kappa shape index (κ3) is 3.82. The SMILES string of the molecule is C=CCC[C@H]1C[C@@H](O)C[C@@H](C2CCCCC2)N1. The lowest BCUT2D eigenvalue weighted by molar-refractivity contribution is 0.0677. The van der Waals surface area contributed by atoms with Crippen LogP contribution in [0, 0.1) is 5.92 Å². The molecule has 2 fully saturated rings. The number of hydrogen-bond donors (Lipinski definition) is 2. The third-order valence-corrected chi connectivity index (χ3v) is 4.47. The largest absolute Gasteiger partial charge is 0.393 e. The zero-order valence-corrected chi connectivity index (χ0v) is 10.9. The minimum atomic E-state index is -0.0852. The monoisotopic (exact) mass is 237 g/mol. The topological polar surface area (TPSA) is 32.3 Å². The van der Waals surface area contributed by atoms with Crippen molar-refractivity contribution in [3.05, 3.63) is 12.7 Å². The standard InChI is InChI=1S/C15H27NO/c1-2-3-9-13-10-14(17)11-15(16-13)12-7-5-4-6-8-12/h2,12-17H,1,3-11H2/t13-,14+,15-/m0/s1. The average molecular weight is 237 g/mol. The molecule has 0 spiro atoms. The summed E-state index contributed by atoms with van der Waals surface area (Å²) < 4.78 is 0. The molecule has 2 N–H and O–H groups in total. The van der Waals surface area contributed by atoms with E-state index in [1.54, 1.807) is 0 Å². The van der Waals surface area contributed by atoms with Gasteiger partial charge < -0.3 is 10.4 Å². The fourth-order valence-corrected chi connectivity index (χ4v) is 3.54. The Morgan fingerprint density at radius 3 is 2.65 bits per heavy atom. The first kappa shape index (κ1) is 13.1. The molecule has 2 aliphatic rings. The van der Waals surface area contributed by atoms with Gasteiger partial charge in [0.05, 0.1) is 6.10 Å². The van der Waals surface area contributed by atoms with E-state index in [0.29, 0.717) is 12.1 Å². The highest BCUT2D eigenvalue weighted by molar-refractivity contribution is 4.90. The fraction of sp³-hybridized carbons (Fsp3) is 0.867. The molecule has 0 bridgehead atoms. The predicted octanol–water partition coefficient (Wildman–Crippen LogP) is 3.01. The van der Waals surface area contributed by atoms with E-state index < -0.39 is 0 Å². The lowest BCUT2D eigenvalue weighted by atomic mass is 9.79. The van der Waals surface area contributed by atoms with Gasteiger partial charge in [-0.25, -0.2) is 0 Å². The number of nitrogens with one attached hydrogen (secondary N) is 1. The molecule has 0 amide bonds. The Hall–Kier alpha value is -0.340. The molecule has 2 heteroatoms. The first-order chi connectivity index (χ1) is 8.29. The number of hydrogen-bond acceptors (Lipinski definition) is 2. The van der Waals surface area contributed by atoms with E-state index in [-0.39, 0.29) is 6.10 Å². The van der Waals surface area contributed by atoms with E-state index in [1.165, 1.54) is 32.1 Å². The molecule has 3 atom stereocenters. The van der Waals surface area contributed by atoms with Crippen molar-refractivity contribution in [1.29, 1.82) is 0 Å².